The van der Waals surface area contributed by atoms with Crippen LogP contribution in [0.4, 0.5) is 0 Å². The van der Waals surface area contributed by atoms with Gasteiger partial charge in [0.25, 0.3) is 0 Å². The third kappa shape index (κ3) is 10.7. The molecule has 0 spiro atoms. The Hall–Kier alpha value is -5.90. The molecule has 0 bridgehead atoms. The van der Waals surface area contributed by atoms with E-state index in [1.165, 1.54) is 0 Å². The molecule has 4 aliphatic rings. The summed E-state index contributed by atoms with van der Waals surface area (Å²) < 4.78 is 47.0. The Morgan fingerprint density at radius 3 is 1.00 bits per heavy atom. The summed E-state index contributed by atoms with van der Waals surface area (Å²) in [7, 11) is 0. The van der Waals surface area contributed by atoms with Crippen LogP contribution in [-0.4, -0.2) is 77.3 Å². The van der Waals surface area contributed by atoms with E-state index >= 15 is 0 Å². The molecule has 4 fully saturated rings. The summed E-state index contributed by atoms with van der Waals surface area (Å²) in [6.07, 6.45) is 11.0. The quantitative estimate of drug-likeness (QED) is 0.0326. The molecule has 0 aliphatic carbocycles. The summed E-state index contributed by atoms with van der Waals surface area (Å²) in [4.78, 5) is 0. The molecule has 4 saturated heterocycles. The van der Waals surface area contributed by atoms with E-state index in [-0.39, 0.29) is 36.3 Å². The highest BCUT2D eigenvalue weighted by Gasteiger charge is 2.28. The van der Waals surface area contributed by atoms with Crippen LogP contribution in [0.25, 0.3) is 0 Å². The zero-order valence-corrected chi connectivity index (χ0v) is 36.6. The lowest BCUT2D eigenvalue weighted by atomic mass is 9.80. The second kappa shape index (κ2) is 20.3. The first kappa shape index (κ1) is 43.4. The molecule has 0 saturated carbocycles. The van der Waals surface area contributed by atoms with Crippen LogP contribution in [-0.2, 0) is 44.6 Å². The highest BCUT2D eigenvalue weighted by molar-refractivity contribution is 5.54. The summed E-state index contributed by atoms with van der Waals surface area (Å²) >= 11 is 0. The van der Waals surface area contributed by atoms with Gasteiger partial charge in [-0.1, -0.05) is 97.1 Å². The van der Waals surface area contributed by atoms with E-state index in [1.54, 1.807) is 0 Å². The highest BCUT2D eigenvalue weighted by Crippen LogP contribution is 2.41. The van der Waals surface area contributed by atoms with E-state index in [4.69, 9.17) is 37.9 Å². The molecule has 4 atom stereocenters. The van der Waals surface area contributed by atoms with Gasteiger partial charge >= 0.3 is 0 Å². The summed E-state index contributed by atoms with van der Waals surface area (Å²) in [6.45, 7) is 21.4. The standard InChI is InChI=1S/C56H58O8/c1-5-9-39-25-43(17-21-51(39)61-34-47-31-58-47)55(44-18-22-52(40(26-44)10-6-2)62-35-48-32-59-48)37-13-15-38(16-14-37)56(45-19-23-53(41(27-45)11-7-3)63-36-49-33-60-49)46-20-24-54(42(28-46)12-8-4)64-50-29-57-30-50/h5-8,13-28,47-50,55-56H,1-4,9-12,29-36H2. The van der Waals surface area contributed by atoms with Gasteiger partial charge in [0.15, 0.2) is 0 Å². The van der Waals surface area contributed by atoms with Gasteiger partial charge in [-0.25, -0.2) is 0 Å². The van der Waals surface area contributed by atoms with Crippen LogP contribution in [0.15, 0.2) is 148 Å². The number of epoxide rings is 3. The van der Waals surface area contributed by atoms with E-state index in [1.807, 2.05) is 24.3 Å². The van der Waals surface area contributed by atoms with Crippen LogP contribution in [0.2, 0.25) is 0 Å². The van der Waals surface area contributed by atoms with Gasteiger partial charge in [-0.15, -0.1) is 26.3 Å². The van der Waals surface area contributed by atoms with Gasteiger partial charge in [-0.2, -0.15) is 0 Å². The SMILES string of the molecule is C=CCc1cc(C(c2ccc(C(c3ccc(OCC4CO4)c(CC=C)c3)c3ccc(OC4COC4)c(CC=C)c3)cc2)c2ccc(OCC3CO3)c(CC=C)c2)ccc1OCC1CO1. The maximum atomic E-state index is 6.39. The Labute approximate surface area is 377 Å². The molecule has 5 aromatic carbocycles. The number of benzene rings is 5. The van der Waals surface area contributed by atoms with Gasteiger partial charge in [0, 0.05) is 11.8 Å². The van der Waals surface area contributed by atoms with Crippen molar-refractivity contribution in [3.05, 3.63) is 203 Å². The Bertz CT molecular complexity index is 2360. The lowest BCUT2D eigenvalue weighted by molar-refractivity contribution is -0.0799. The fraction of sp³-hybridized carbons (Fsp3) is 0.321. The topological polar surface area (TPSA) is 83.7 Å². The average Bonchev–Trinajstić information content (AvgIpc) is 4.14. The molecular formula is C56H58O8. The number of allylic oxidation sites excluding steroid dienone is 4. The van der Waals surface area contributed by atoms with Crippen molar-refractivity contribution in [3.8, 4) is 23.0 Å². The largest absolute Gasteiger partial charge is 0.490 e. The normalized spacial score (nSPS) is 19.3. The molecule has 8 nitrogen and oxygen atoms in total. The van der Waals surface area contributed by atoms with Gasteiger partial charge in [0.05, 0.1) is 33.0 Å². The molecule has 330 valence electrons. The summed E-state index contributed by atoms with van der Waals surface area (Å²) in [6, 6.07) is 35.4. The number of hydrogen-bond acceptors (Lipinski definition) is 8. The third-order valence-electron chi connectivity index (χ3n) is 12.1. The van der Waals surface area contributed by atoms with Crippen molar-refractivity contribution in [2.24, 2.45) is 0 Å². The van der Waals surface area contributed by atoms with Crippen molar-refractivity contribution in [1.82, 2.24) is 0 Å². The molecule has 9 rings (SSSR count). The maximum absolute atomic E-state index is 6.39. The molecular weight excluding hydrogens is 801 g/mol. The second-order valence-corrected chi connectivity index (χ2v) is 17.0. The van der Waals surface area contributed by atoms with Gasteiger partial charge in [-0.3, -0.25) is 0 Å². The highest BCUT2D eigenvalue weighted by atomic mass is 16.6. The fourth-order valence-electron chi connectivity index (χ4n) is 8.45. The predicted molar refractivity (Wildman–Crippen MR) is 251 cm³/mol. The summed E-state index contributed by atoms with van der Waals surface area (Å²) in [5, 5.41) is 0. The molecule has 0 radical (unpaired) electrons. The van der Waals surface area contributed by atoms with Gasteiger partial charge in [0.1, 0.15) is 67.2 Å². The second-order valence-electron chi connectivity index (χ2n) is 17.0. The summed E-state index contributed by atoms with van der Waals surface area (Å²) in [5.74, 6) is 3.24. The lowest BCUT2D eigenvalue weighted by Gasteiger charge is -2.28. The lowest BCUT2D eigenvalue weighted by Crippen LogP contribution is -2.38. The minimum absolute atomic E-state index is 0.0589. The zero-order chi connectivity index (χ0) is 43.8. The Morgan fingerprint density at radius 2 is 0.719 bits per heavy atom. The van der Waals surface area contributed by atoms with Crippen LogP contribution in [0.5, 0.6) is 23.0 Å². The molecule has 5 aromatic rings. The summed E-state index contributed by atoms with van der Waals surface area (Å²) in [5.41, 5.74) is 11.3. The van der Waals surface area contributed by atoms with E-state index in [9.17, 15) is 0 Å². The van der Waals surface area contributed by atoms with Crippen molar-refractivity contribution < 1.29 is 37.9 Å². The molecule has 4 heterocycles. The van der Waals surface area contributed by atoms with Crippen molar-refractivity contribution in [1.29, 1.82) is 0 Å². The minimum atomic E-state index is -0.0987. The third-order valence-corrected chi connectivity index (χ3v) is 12.1. The molecule has 0 N–H and O–H groups in total. The number of ether oxygens (including phenoxy) is 8. The average molecular weight is 859 g/mol. The first-order valence-electron chi connectivity index (χ1n) is 22.5. The Kier molecular flexibility index (Phi) is 13.7. The number of hydrogen-bond donors (Lipinski definition) is 0. The van der Waals surface area contributed by atoms with Crippen LogP contribution >= 0.6 is 0 Å². The van der Waals surface area contributed by atoms with Crippen molar-refractivity contribution in [2.45, 2.75) is 61.9 Å². The molecule has 0 amide bonds. The fourth-order valence-corrected chi connectivity index (χ4v) is 8.45. The van der Waals surface area contributed by atoms with Crippen molar-refractivity contribution >= 4 is 0 Å². The van der Waals surface area contributed by atoms with Gasteiger partial charge in [0.2, 0.25) is 0 Å². The van der Waals surface area contributed by atoms with Crippen LogP contribution in [0.1, 0.15) is 67.5 Å². The molecule has 8 heteroatoms. The molecule has 64 heavy (non-hydrogen) atoms. The van der Waals surface area contributed by atoms with E-state index in [2.05, 4.69) is 123 Å². The van der Waals surface area contributed by atoms with Gasteiger partial charge in [-0.05, 0) is 106 Å². The van der Waals surface area contributed by atoms with E-state index < -0.39 is 0 Å². The van der Waals surface area contributed by atoms with Crippen LogP contribution in [0, 0.1) is 0 Å². The smallest absolute Gasteiger partial charge is 0.145 e. The zero-order valence-electron chi connectivity index (χ0n) is 36.6. The van der Waals surface area contributed by atoms with E-state index in [0.717, 1.165) is 98.5 Å². The first-order chi connectivity index (χ1) is 31.5. The minimum Gasteiger partial charge on any atom is -0.490 e. The van der Waals surface area contributed by atoms with Crippen LogP contribution in [0.3, 0.4) is 0 Å². The molecule has 0 aromatic heterocycles. The molecule has 4 unspecified atom stereocenters. The van der Waals surface area contributed by atoms with Crippen molar-refractivity contribution in [3.63, 3.8) is 0 Å². The number of rotatable bonds is 25. The molecule has 4 aliphatic heterocycles. The van der Waals surface area contributed by atoms with Crippen molar-refractivity contribution in [2.75, 3.05) is 52.9 Å². The predicted octanol–water partition coefficient (Wildman–Crippen LogP) is 10.1. The van der Waals surface area contributed by atoms with Crippen LogP contribution < -0.4 is 18.9 Å². The monoisotopic (exact) mass is 858 g/mol. The first-order valence-corrected chi connectivity index (χ1v) is 22.5. The van der Waals surface area contributed by atoms with Gasteiger partial charge < -0.3 is 37.9 Å². The Balaban J connectivity index is 1.12. The van der Waals surface area contributed by atoms with E-state index in [0.29, 0.717) is 58.7 Å². The Morgan fingerprint density at radius 1 is 0.422 bits per heavy atom. The maximum Gasteiger partial charge on any atom is 0.145 e.